The van der Waals surface area contributed by atoms with Crippen LogP contribution in [0.4, 0.5) is 11.5 Å². The number of para-hydroxylation sites is 1. The van der Waals surface area contributed by atoms with Crippen LogP contribution in [0.3, 0.4) is 0 Å². The molecule has 4 fully saturated rings. The number of carbonyl (C=O) groups excluding carboxylic acids is 1. The van der Waals surface area contributed by atoms with Crippen molar-refractivity contribution in [3.8, 4) is 5.88 Å². The normalized spacial score (nSPS) is 26.4. The topological polar surface area (TPSA) is 126 Å². The first-order valence-corrected chi connectivity index (χ1v) is 10.6. The van der Waals surface area contributed by atoms with Crippen molar-refractivity contribution in [2.75, 3.05) is 44.0 Å². The number of amides is 1. The fourth-order valence-corrected chi connectivity index (χ4v) is 5.28. The zero-order valence-electron chi connectivity index (χ0n) is 17.8. The molecule has 32 heavy (non-hydrogen) atoms. The molecule has 1 aromatic carbocycles. The first-order chi connectivity index (χ1) is 15.5. The van der Waals surface area contributed by atoms with Crippen LogP contribution in [0.15, 0.2) is 30.6 Å². The second-order valence-corrected chi connectivity index (χ2v) is 8.67. The number of hydrogen-bond acceptors (Lipinski definition) is 8. The van der Waals surface area contributed by atoms with Gasteiger partial charge in [-0.3, -0.25) is 9.69 Å². The van der Waals surface area contributed by atoms with Gasteiger partial charge in [0.2, 0.25) is 5.88 Å². The number of hydrogen-bond donors (Lipinski definition) is 3. The highest BCUT2D eigenvalue weighted by Crippen LogP contribution is 2.65. The van der Waals surface area contributed by atoms with E-state index in [1.165, 1.54) is 25.6 Å². The van der Waals surface area contributed by atoms with Crippen molar-refractivity contribution in [2.45, 2.75) is 30.3 Å². The molecule has 10 heteroatoms. The average molecular weight is 439 g/mol. The number of anilines is 2. The van der Waals surface area contributed by atoms with Gasteiger partial charge in [-0.2, -0.15) is 0 Å². The van der Waals surface area contributed by atoms with Gasteiger partial charge in [-0.25, -0.2) is 14.8 Å². The summed E-state index contributed by atoms with van der Waals surface area (Å²) in [6, 6.07) is 6.24. The van der Waals surface area contributed by atoms with E-state index in [1.54, 1.807) is 12.1 Å². The molecule has 1 aliphatic heterocycles. The number of nitrogens with zero attached hydrogens (tertiary/aromatic N) is 3. The van der Waals surface area contributed by atoms with E-state index in [0.717, 1.165) is 45.6 Å². The molecule has 6 rings (SSSR count). The van der Waals surface area contributed by atoms with Crippen LogP contribution in [0.1, 0.15) is 40.0 Å². The summed E-state index contributed by atoms with van der Waals surface area (Å²) in [6.07, 6.45) is 4.30. The lowest BCUT2D eigenvalue weighted by Crippen LogP contribution is -2.82. The maximum Gasteiger partial charge on any atom is 0.337 e. The van der Waals surface area contributed by atoms with E-state index in [-0.39, 0.29) is 33.8 Å². The van der Waals surface area contributed by atoms with E-state index in [0.29, 0.717) is 5.82 Å². The van der Waals surface area contributed by atoms with E-state index < -0.39 is 11.9 Å². The van der Waals surface area contributed by atoms with Gasteiger partial charge in [-0.05, 0) is 31.4 Å². The number of aromatic carboxylic acids is 1. The van der Waals surface area contributed by atoms with Crippen molar-refractivity contribution in [1.82, 2.24) is 14.9 Å². The maximum absolute atomic E-state index is 13.2. The molecule has 3 N–H and O–H groups in total. The monoisotopic (exact) mass is 439 g/mol. The molecule has 1 amide bonds. The van der Waals surface area contributed by atoms with Gasteiger partial charge >= 0.3 is 5.97 Å². The Morgan fingerprint density at radius 1 is 1.16 bits per heavy atom. The third kappa shape index (κ3) is 3.35. The minimum atomic E-state index is -1.13. The Balaban J connectivity index is 1.36. The molecule has 0 spiro atoms. The molecule has 0 atom stereocenters. The molecule has 2 bridgehead atoms. The quantitative estimate of drug-likeness (QED) is 0.592. The number of morpholine rings is 1. The molecule has 3 aliphatic carbocycles. The van der Waals surface area contributed by atoms with Crippen molar-refractivity contribution < 1.29 is 24.2 Å². The summed E-state index contributed by atoms with van der Waals surface area (Å²) < 4.78 is 10.8. The zero-order valence-corrected chi connectivity index (χ0v) is 17.8. The lowest BCUT2D eigenvalue weighted by Gasteiger charge is -2.74. The van der Waals surface area contributed by atoms with Crippen LogP contribution >= 0.6 is 0 Å². The first-order valence-electron chi connectivity index (χ1n) is 10.6. The first kappa shape index (κ1) is 20.7. The highest BCUT2D eigenvalue weighted by molar-refractivity contribution is 6.11. The number of rotatable bonds is 7. The number of aromatic nitrogens is 2. The molecular weight excluding hydrogens is 414 g/mol. The molecule has 1 aromatic heterocycles. The van der Waals surface area contributed by atoms with Gasteiger partial charge < -0.3 is 25.2 Å². The molecule has 2 heterocycles. The Kier molecular flexibility index (Phi) is 4.98. The number of carboxylic acid groups (broad SMARTS) is 1. The summed E-state index contributed by atoms with van der Waals surface area (Å²) in [7, 11) is 1.43. The van der Waals surface area contributed by atoms with Crippen molar-refractivity contribution in [3.05, 3.63) is 41.7 Å². The van der Waals surface area contributed by atoms with Gasteiger partial charge in [0.15, 0.2) is 0 Å². The SMILES string of the molecule is COc1ncnc(NC23CC(N4CCOCC4)(C2)C3)c1C(=O)Nc1ccccc1C(=O)O. The summed E-state index contributed by atoms with van der Waals surface area (Å²) in [6.45, 7) is 3.45. The van der Waals surface area contributed by atoms with Crippen molar-refractivity contribution >= 4 is 23.4 Å². The Morgan fingerprint density at radius 3 is 2.56 bits per heavy atom. The van der Waals surface area contributed by atoms with Gasteiger partial charge in [0, 0.05) is 24.2 Å². The van der Waals surface area contributed by atoms with E-state index in [1.807, 2.05) is 0 Å². The number of nitrogens with one attached hydrogen (secondary N) is 2. The number of carbonyl (C=O) groups is 2. The minimum absolute atomic E-state index is 0.00181. The molecule has 1 saturated heterocycles. The summed E-state index contributed by atoms with van der Waals surface area (Å²) in [5.41, 5.74) is 0.458. The number of benzene rings is 1. The van der Waals surface area contributed by atoms with Crippen LogP contribution in [0.2, 0.25) is 0 Å². The van der Waals surface area contributed by atoms with Gasteiger partial charge in [0.05, 0.1) is 31.6 Å². The van der Waals surface area contributed by atoms with Gasteiger partial charge in [-0.15, -0.1) is 0 Å². The lowest BCUT2D eigenvalue weighted by atomic mass is 9.43. The molecule has 168 valence electrons. The average Bonchev–Trinajstić information content (AvgIpc) is 2.75. The molecule has 10 nitrogen and oxygen atoms in total. The van der Waals surface area contributed by atoms with Crippen LogP contribution in [-0.4, -0.2) is 76.3 Å². The second-order valence-electron chi connectivity index (χ2n) is 8.67. The van der Waals surface area contributed by atoms with Crippen molar-refractivity contribution in [1.29, 1.82) is 0 Å². The number of carboxylic acids is 1. The minimum Gasteiger partial charge on any atom is -0.480 e. The van der Waals surface area contributed by atoms with Crippen LogP contribution in [0.25, 0.3) is 0 Å². The zero-order chi connectivity index (χ0) is 22.3. The van der Waals surface area contributed by atoms with E-state index in [2.05, 4.69) is 25.5 Å². The number of ether oxygens (including phenoxy) is 2. The highest BCUT2D eigenvalue weighted by Gasteiger charge is 2.70. The Bertz CT molecular complexity index is 1050. The number of methoxy groups -OCH3 is 1. The smallest absolute Gasteiger partial charge is 0.337 e. The standard InChI is InChI=1S/C22H25N5O5/c1-31-19-16(18(28)25-15-5-3-2-4-14(15)20(29)30)17(23-13-24-19)26-21-10-22(11-21,12-21)27-6-8-32-9-7-27/h2-5,13H,6-12H2,1H3,(H,25,28)(H,29,30)(H,23,24,26). The fourth-order valence-electron chi connectivity index (χ4n) is 5.28. The summed E-state index contributed by atoms with van der Waals surface area (Å²) in [4.78, 5) is 35.6. The summed E-state index contributed by atoms with van der Waals surface area (Å²) in [5.74, 6) is -1.15. The van der Waals surface area contributed by atoms with Crippen molar-refractivity contribution in [3.63, 3.8) is 0 Å². The largest absolute Gasteiger partial charge is 0.480 e. The van der Waals surface area contributed by atoms with Gasteiger partial charge in [0.25, 0.3) is 5.91 Å². The predicted molar refractivity (Wildman–Crippen MR) is 115 cm³/mol. The fraction of sp³-hybridized carbons (Fsp3) is 0.455. The third-order valence-electron chi connectivity index (χ3n) is 6.71. The molecular formula is C22H25N5O5. The Morgan fingerprint density at radius 2 is 1.88 bits per heavy atom. The molecule has 2 aromatic rings. The van der Waals surface area contributed by atoms with E-state index in [4.69, 9.17) is 9.47 Å². The molecule has 0 radical (unpaired) electrons. The maximum atomic E-state index is 13.2. The Hall–Kier alpha value is -3.24. The van der Waals surface area contributed by atoms with Gasteiger partial charge in [0.1, 0.15) is 17.7 Å². The van der Waals surface area contributed by atoms with E-state index >= 15 is 0 Å². The second kappa shape index (κ2) is 7.72. The predicted octanol–water partition coefficient (Wildman–Crippen LogP) is 1.85. The molecule has 4 aliphatic rings. The van der Waals surface area contributed by atoms with Crippen molar-refractivity contribution in [2.24, 2.45) is 0 Å². The van der Waals surface area contributed by atoms with Crippen LogP contribution in [0, 0.1) is 0 Å². The van der Waals surface area contributed by atoms with Crippen LogP contribution < -0.4 is 15.4 Å². The Labute approximate surface area is 184 Å². The third-order valence-corrected chi connectivity index (χ3v) is 6.71. The van der Waals surface area contributed by atoms with E-state index in [9.17, 15) is 14.7 Å². The van der Waals surface area contributed by atoms with Crippen LogP contribution in [-0.2, 0) is 4.74 Å². The molecule has 0 unspecified atom stereocenters. The summed E-state index contributed by atoms with van der Waals surface area (Å²) in [5, 5.41) is 15.5. The van der Waals surface area contributed by atoms with Gasteiger partial charge in [-0.1, -0.05) is 12.1 Å². The molecule has 3 saturated carbocycles. The highest BCUT2D eigenvalue weighted by atomic mass is 16.5. The lowest BCUT2D eigenvalue weighted by molar-refractivity contribution is -0.172. The summed E-state index contributed by atoms with van der Waals surface area (Å²) >= 11 is 0. The van der Waals surface area contributed by atoms with Crippen LogP contribution in [0.5, 0.6) is 5.88 Å².